The van der Waals surface area contributed by atoms with E-state index >= 15 is 0 Å². The average molecular weight is 275 g/mol. The highest BCUT2D eigenvalue weighted by atomic mass is 79.9. The summed E-state index contributed by atoms with van der Waals surface area (Å²) in [7, 11) is 0. The Kier molecular flexibility index (Phi) is 3.20. The molecule has 0 N–H and O–H groups in total. The smallest absolute Gasteiger partial charge is 0.159 e. The highest BCUT2D eigenvalue weighted by molar-refractivity contribution is 9.10. The molecule has 0 aliphatic carbocycles. The molecular weight excluding hydrogens is 264 g/mol. The van der Waals surface area contributed by atoms with E-state index in [4.69, 9.17) is 0 Å². The monoisotopic (exact) mass is 274 g/mol. The van der Waals surface area contributed by atoms with E-state index in [2.05, 4.69) is 15.9 Å². The second-order valence-corrected chi connectivity index (χ2v) is 4.56. The standard InChI is InChI=1S/C14H11BrO/c1-10(16)12-3-2-4-13(9-12)11-5-7-14(15)8-6-11/h2-9H,1H3. The number of carbonyl (C=O) groups is 1. The van der Waals surface area contributed by atoms with E-state index < -0.39 is 0 Å². The Labute approximate surface area is 103 Å². The van der Waals surface area contributed by atoms with Gasteiger partial charge >= 0.3 is 0 Å². The molecular formula is C14H11BrO. The summed E-state index contributed by atoms with van der Waals surface area (Å²) in [5.41, 5.74) is 2.94. The van der Waals surface area contributed by atoms with Crippen LogP contribution in [0.3, 0.4) is 0 Å². The minimum absolute atomic E-state index is 0.0963. The molecule has 2 aromatic rings. The summed E-state index contributed by atoms with van der Waals surface area (Å²) in [6.07, 6.45) is 0. The van der Waals surface area contributed by atoms with Crippen LogP contribution in [-0.4, -0.2) is 5.78 Å². The van der Waals surface area contributed by atoms with Gasteiger partial charge in [0.05, 0.1) is 0 Å². The lowest BCUT2D eigenvalue weighted by atomic mass is 10.0. The summed E-state index contributed by atoms with van der Waals surface area (Å²) >= 11 is 3.40. The molecule has 0 fully saturated rings. The van der Waals surface area contributed by atoms with Crippen molar-refractivity contribution in [3.8, 4) is 11.1 Å². The van der Waals surface area contributed by atoms with E-state index in [0.717, 1.165) is 21.2 Å². The number of halogens is 1. The highest BCUT2D eigenvalue weighted by Crippen LogP contribution is 2.22. The number of Topliss-reactive ketones (excluding diaryl/α,β-unsaturated/α-hetero) is 1. The SMILES string of the molecule is CC(=O)c1cccc(-c2ccc(Br)cc2)c1. The first-order valence-corrected chi connectivity index (χ1v) is 5.83. The van der Waals surface area contributed by atoms with Gasteiger partial charge < -0.3 is 0 Å². The number of hydrogen-bond acceptors (Lipinski definition) is 1. The summed E-state index contributed by atoms with van der Waals surface area (Å²) < 4.78 is 1.05. The summed E-state index contributed by atoms with van der Waals surface area (Å²) in [6, 6.07) is 15.7. The molecule has 0 aliphatic rings. The Morgan fingerprint density at radius 1 is 1.00 bits per heavy atom. The third-order valence-corrected chi connectivity index (χ3v) is 2.98. The van der Waals surface area contributed by atoms with Crippen LogP contribution in [0.25, 0.3) is 11.1 Å². The highest BCUT2D eigenvalue weighted by Gasteiger charge is 2.02. The maximum atomic E-state index is 11.3. The van der Waals surface area contributed by atoms with Crippen molar-refractivity contribution in [2.24, 2.45) is 0 Å². The van der Waals surface area contributed by atoms with Gasteiger partial charge in [-0.1, -0.05) is 46.3 Å². The van der Waals surface area contributed by atoms with Gasteiger partial charge in [0.1, 0.15) is 0 Å². The van der Waals surface area contributed by atoms with E-state index in [-0.39, 0.29) is 5.78 Å². The summed E-state index contributed by atoms with van der Waals surface area (Å²) in [5.74, 6) is 0.0963. The zero-order chi connectivity index (χ0) is 11.5. The molecule has 2 heteroatoms. The fourth-order valence-electron chi connectivity index (χ4n) is 1.56. The van der Waals surface area contributed by atoms with Gasteiger partial charge in [-0.3, -0.25) is 4.79 Å². The molecule has 0 atom stereocenters. The lowest BCUT2D eigenvalue weighted by molar-refractivity contribution is 0.101. The van der Waals surface area contributed by atoms with E-state index in [1.54, 1.807) is 6.92 Å². The van der Waals surface area contributed by atoms with Crippen molar-refractivity contribution >= 4 is 21.7 Å². The lowest BCUT2D eigenvalue weighted by Crippen LogP contribution is -1.91. The Morgan fingerprint density at radius 3 is 2.31 bits per heavy atom. The van der Waals surface area contributed by atoms with Gasteiger partial charge in [-0.15, -0.1) is 0 Å². The van der Waals surface area contributed by atoms with Crippen LogP contribution in [0.2, 0.25) is 0 Å². The predicted octanol–water partition coefficient (Wildman–Crippen LogP) is 4.32. The van der Waals surface area contributed by atoms with Gasteiger partial charge in [0, 0.05) is 10.0 Å². The van der Waals surface area contributed by atoms with Crippen molar-refractivity contribution in [3.05, 3.63) is 58.6 Å². The number of benzene rings is 2. The molecule has 0 bridgehead atoms. The molecule has 0 aromatic heterocycles. The number of ketones is 1. The predicted molar refractivity (Wildman–Crippen MR) is 69.6 cm³/mol. The quantitative estimate of drug-likeness (QED) is 0.746. The van der Waals surface area contributed by atoms with Crippen LogP contribution in [0.5, 0.6) is 0 Å². The minimum Gasteiger partial charge on any atom is -0.295 e. The summed E-state index contributed by atoms with van der Waals surface area (Å²) in [4.78, 5) is 11.3. The summed E-state index contributed by atoms with van der Waals surface area (Å²) in [6.45, 7) is 1.58. The molecule has 0 saturated heterocycles. The van der Waals surface area contributed by atoms with E-state index in [9.17, 15) is 4.79 Å². The number of hydrogen-bond donors (Lipinski definition) is 0. The van der Waals surface area contributed by atoms with Gasteiger partial charge in [0.15, 0.2) is 5.78 Å². The van der Waals surface area contributed by atoms with Crippen LogP contribution in [0.15, 0.2) is 53.0 Å². The third kappa shape index (κ3) is 2.39. The van der Waals surface area contributed by atoms with Gasteiger partial charge in [0.2, 0.25) is 0 Å². The fourth-order valence-corrected chi connectivity index (χ4v) is 1.82. The normalized spacial score (nSPS) is 10.1. The third-order valence-electron chi connectivity index (χ3n) is 2.45. The van der Waals surface area contributed by atoms with Crippen molar-refractivity contribution in [1.29, 1.82) is 0 Å². The topological polar surface area (TPSA) is 17.1 Å². The first-order chi connectivity index (χ1) is 7.66. The van der Waals surface area contributed by atoms with E-state index in [0.29, 0.717) is 0 Å². The maximum absolute atomic E-state index is 11.3. The zero-order valence-electron chi connectivity index (χ0n) is 8.91. The zero-order valence-corrected chi connectivity index (χ0v) is 10.5. The molecule has 1 nitrogen and oxygen atoms in total. The second kappa shape index (κ2) is 4.62. The van der Waals surface area contributed by atoms with E-state index in [1.807, 2.05) is 48.5 Å². The van der Waals surface area contributed by atoms with Crippen molar-refractivity contribution in [1.82, 2.24) is 0 Å². The van der Waals surface area contributed by atoms with Crippen molar-refractivity contribution in [2.45, 2.75) is 6.92 Å². The molecule has 80 valence electrons. The first kappa shape index (κ1) is 11.1. The van der Waals surface area contributed by atoms with Gasteiger partial charge in [-0.2, -0.15) is 0 Å². The largest absolute Gasteiger partial charge is 0.295 e. The average Bonchev–Trinajstić information content (AvgIpc) is 2.30. The van der Waals surface area contributed by atoms with Crippen LogP contribution in [0.4, 0.5) is 0 Å². The molecule has 0 heterocycles. The van der Waals surface area contributed by atoms with Gasteiger partial charge in [0.25, 0.3) is 0 Å². The van der Waals surface area contributed by atoms with E-state index in [1.165, 1.54) is 0 Å². The van der Waals surface area contributed by atoms with Crippen molar-refractivity contribution < 1.29 is 4.79 Å². The molecule has 0 spiro atoms. The molecule has 0 amide bonds. The Morgan fingerprint density at radius 2 is 1.69 bits per heavy atom. The molecule has 16 heavy (non-hydrogen) atoms. The Bertz CT molecular complexity index is 515. The number of carbonyl (C=O) groups excluding carboxylic acids is 1. The van der Waals surface area contributed by atoms with Crippen molar-refractivity contribution in [3.63, 3.8) is 0 Å². The van der Waals surface area contributed by atoms with Crippen molar-refractivity contribution in [2.75, 3.05) is 0 Å². The Hall–Kier alpha value is -1.41. The summed E-state index contributed by atoms with van der Waals surface area (Å²) in [5, 5.41) is 0. The number of rotatable bonds is 2. The molecule has 0 saturated carbocycles. The Balaban J connectivity index is 2.44. The maximum Gasteiger partial charge on any atom is 0.159 e. The lowest BCUT2D eigenvalue weighted by Gasteiger charge is -2.03. The molecule has 0 unspecified atom stereocenters. The fraction of sp³-hybridized carbons (Fsp3) is 0.0714. The molecule has 2 aromatic carbocycles. The van der Waals surface area contributed by atoms with Crippen LogP contribution in [0.1, 0.15) is 17.3 Å². The van der Waals surface area contributed by atoms with Crippen LogP contribution >= 0.6 is 15.9 Å². The second-order valence-electron chi connectivity index (χ2n) is 3.64. The minimum atomic E-state index is 0.0963. The molecule has 0 aliphatic heterocycles. The first-order valence-electron chi connectivity index (χ1n) is 5.04. The van der Waals surface area contributed by atoms with Gasteiger partial charge in [-0.05, 0) is 36.2 Å². The molecule has 2 rings (SSSR count). The van der Waals surface area contributed by atoms with Crippen LogP contribution < -0.4 is 0 Å². The van der Waals surface area contributed by atoms with Crippen LogP contribution in [-0.2, 0) is 0 Å². The molecule has 0 radical (unpaired) electrons. The van der Waals surface area contributed by atoms with Crippen LogP contribution in [0, 0.1) is 0 Å². The van der Waals surface area contributed by atoms with Gasteiger partial charge in [-0.25, -0.2) is 0 Å².